The van der Waals surface area contributed by atoms with E-state index < -0.39 is 0 Å². The third-order valence-electron chi connectivity index (χ3n) is 3.88. The fourth-order valence-corrected chi connectivity index (χ4v) is 3.38. The van der Waals surface area contributed by atoms with Crippen LogP contribution in [0.15, 0.2) is 35.2 Å². The second-order valence-corrected chi connectivity index (χ2v) is 6.59. The monoisotopic (exact) mass is 307 g/mol. The second kappa shape index (κ2) is 8.41. The molecule has 1 N–H and O–H groups in total. The lowest BCUT2D eigenvalue weighted by atomic mass is 10.2. The Kier molecular flexibility index (Phi) is 6.54. The van der Waals surface area contributed by atoms with Crippen LogP contribution in [0, 0.1) is 0 Å². The molecular formula is C16H25N3OS. The molecule has 0 bridgehead atoms. The van der Waals surface area contributed by atoms with Gasteiger partial charge in [-0.25, -0.2) is 0 Å². The van der Waals surface area contributed by atoms with Crippen molar-refractivity contribution in [1.82, 2.24) is 15.1 Å². The zero-order valence-electron chi connectivity index (χ0n) is 12.9. The van der Waals surface area contributed by atoms with Crippen LogP contribution in [0.1, 0.15) is 6.42 Å². The first kappa shape index (κ1) is 16.3. The summed E-state index contributed by atoms with van der Waals surface area (Å²) in [6, 6.07) is 10.6. The predicted molar refractivity (Wildman–Crippen MR) is 88.7 cm³/mol. The molecule has 0 radical (unpaired) electrons. The number of thioether (sulfide) groups is 1. The van der Waals surface area contributed by atoms with Crippen LogP contribution in [0.5, 0.6) is 0 Å². The average Bonchev–Trinajstić information content (AvgIpc) is 2.53. The van der Waals surface area contributed by atoms with E-state index in [0.29, 0.717) is 6.42 Å². The zero-order chi connectivity index (χ0) is 15.1. The fraction of sp³-hybridized carbons (Fsp3) is 0.562. The molecule has 0 unspecified atom stereocenters. The Labute approximate surface area is 131 Å². The van der Waals surface area contributed by atoms with Gasteiger partial charge >= 0.3 is 0 Å². The normalized spacial score (nSPS) is 17.7. The van der Waals surface area contributed by atoms with Crippen molar-refractivity contribution in [2.24, 2.45) is 0 Å². The Morgan fingerprint density at radius 2 is 1.90 bits per heavy atom. The fourth-order valence-electron chi connectivity index (χ4n) is 2.35. The van der Waals surface area contributed by atoms with Gasteiger partial charge in [-0.1, -0.05) is 18.2 Å². The summed E-state index contributed by atoms with van der Waals surface area (Å²) in [5, 5.41) is 3.27. The minimum atomic E-state index is 0.224. The minimum Gasteiger partial charge on any atom is -0.340 e. The van der Waals surface area contributed by atoms with Gasteiger partial charge in [-0.15, -0.1) is 11.8 Å². The van der Waals surface area contributed by atoms with Crippen molar-refractivity contribution in [3.05, 3.63) is 30.3 Å². The highest BCUT2D eigenvalue weighted by Crippen LogP contribution is 2.19. The number of hydrogen-bond acceptors (Lipinski definition) is 4. The van der Waals surface area contributed by atoms with E-state index in [-0.39, 0.29) is 11.9 Å². The van der Waals surface area contributed by atoms with Gasteiger partial charge in [0.15, 0.2) is 0 Å². The lowest BCUT2D eigenvalue weighted by Crippen LogP contribution is -2.48. The molecule has 1 aliphatic rings. The van der Waals surface area contributed by atoms with Gasteiger partial charge < -0.3 is 15.1 Å². The van der Waals surface area contributed by atoms with Crippen LogP contribution in [0.25, 0.3) is 0 Å². The van der Waals surface area contributed by atoms with Gasteiger partial charge in [-0.3, -0.25) is 4.79 Å². The summed E-state index contributed by atoms with van der Waals surface area (Å²) in [6.45, 7) is 3.68. The molecule has 5 heteroatoms. The molecule has 4 nitrogen and oxygen atoms in total. The maximum atomic E-state index is 12.3. The molecule has 1 fully saturated rings. The largest absolute Gasteiger partial charge is 0.340 e. The standard InChI is InChI=1S/C16H25N3OS/c1-17-14(13-21-15-6-4-3-5-7-15)12-16(20)19-10-8-18(2)9-11-19/h3-7,14,17H,8-13H2,1-2H3/t14-/m1/s1. The van der Waals surface area contributed by atoms with Crippen LogP contribution < -0.4 is 5.32 Å². The number of carbonyl (C=O) groups excluding carboxylic acids is 1. The number of benzene rings is 1. The Hall–Kier alpha value is -1.04. The molecular weight excluding hydrogens is 282 g/mol. The smallest absolute Gasteiger partial charge is 0.224 e. The highest BCUT2D eigenvalue weighted by molar-refractivity contribution is 7.99. The van der Waals surface area contributed by atoms with Crippen LogP contribution in [-0.2, 0) is 4.79 Å². The van der Waals surface area contributed by atoms with E-state index in [1.165, 1.54) is 4.90 Å². The Morgan fingerprint density at radius 1 is 1.24 bits per heavy atom. The first-order valence-electron chi connectivity index (χ1n) is 7.50. The summed E-state index contributed by atoms with van der Waals surface area (Å²) in [7, 11) is 4.04. The molecule has 1 aromatic rings. The average molecular weight is 307 g/mol. The summed E-state index contributed by atoms with van der Waals surface area (Å²) >= 11 is 1.80. The van der Waals surface area contributed by atoms with E-state index in [1.807, 2.05) is 30.1 Å². The topological polar surface area (TPSA) is 35.6 Å². The van der Waals surface area contributed by atoms with Gasteiger partial charge in [0, 0.05) is 49.3 Å². The van der Waals surface area contributed by atoms with Gasteiger partial charge in [-0.05, 0) is 26.2 Å². The quantitative estimate of drug-likeness (QED) is 0.809. The third kappa shape index (κ3) is 5.34. The third-order valence-corrected chi connectivity index (χ3v) is 5.05. The van der Waals surface area contributed by atoms with Crippen molar-refractivity contribution >= 4 is 17.7 Å². The molecule has 21 heavy (non-hydrogen) atoms. The molecule has 1 aromatic carbocycles. The maximum absolute atomic E-state index is 12.3. The van der Waals surface area contributed by atoms with Crippen molar-refractivity contribution in [3.8, 4) is 0 Å². The Balaban J connectivity index is 1.77. The van der Waals surface area contributed by atoms with Crippen LogP contribution in [0.2, 0.25) is 0 Å². The van der Waals surface area contributed by atoms with E-state index in [4.69, 9.17) is 0 Å². The van der Waals surface area contributed by atoms with Crippen molar-refractivity contribution in [1.29, 1.82) is 0 Å². The number of nitrogens with one attached hydrogen (secondary N) is 1. The molecule has 0 aromatic heterocycles. The molecule has 116 valence electrons. The molecule has 1 amide bonds. The first-order chi connectivity index (χ1) is 10.2. The zero-order valence-corrected chi connectivity index (χ0v) is 13.7. The van der Waals surface area contributed by atoms with Crippen molar-refractivity contribution in [2.75, 3.05) is 46.0 Å². The van der Waals surface area contributed by atoms with Gasteiger partial charge in [0.1, 0.15) is 0 Å². The lowest BCUT2D eigenvalue weighted by Gasteiger charge is -2.33. The number of rotatable bonds is 6. The number of nitrogens with zero attached hydrogens (tertiary/aromatic N) is 2. The van der Waals surface area contributed by atoms with E-state index in [1.54, 1.807) is 11.8 Å². The number of piperazine rings is 1. The van der Waals surface area contributed by atoms with Crippen LogP contribution in [0.4, 0.5) is 0 Å². The van der Waals surface area contributed by atoms with Crippen molar-refractivity contribution in [3.63, 3.8) is 0 Å². The highest BCUT2D eigenvalue weighted by atomic mass is 32.2. The van der Waals surface area contributed by atoms with E-state index >= 15 is 0 Å². The number of hydrogen-bond donors (Lipinski definition) is 1. The van der Waals surface area contributed by atoms with E-state index in [0.717, 1.165) is 31.9 Å². The van der Waals surface area contributed by atoms with Crippen LogP contribution >= 0.6 is 11.8 Å². The maximum Gasteiger partial charge on any atom is 0.224 e. The summed E-state index contributed by atoms with van der Waals surface area (Å²) < 4.78 is 0. The molecule has 1 heterocycles. The molecule has 2 rings (SSSR count). The molecule has 0 aliphatic carbocycles. The summed E-state index contributed by atoms with van der Waals surface area (Å²) in [5.41, 5.74) is 0. The molecule has 1 saturated heterocycles. The lowest BCUT2D eigenvalue weighted by molar-refractivity contribution is -0.133. The highest BCUT2D eigenvalue weighted by Gasteiger charge is 2.21. The number of carbonyl (C=O) groups is 1. The summed E-state index contributed by atoms with van der Waals surface area (Å²) in [5.74, 6) is 1.19. The first-order valence-corrected chi connectivity index (χ1v) is 8.49. The Bertz CT molecular complexity index is 432. The number of amides is 1. The van der Waals surface area contributed by atoms with Gasteiger partial charge in [0.25, 0.3) is 0 Å². The molecule has 0 saturated carbocycles. The molecule has 1 atom stereocenters. The molecule has 1 aliphatic heterocycles. The summed E-state index contributed by atoms with van der Waals surface area (Å²) in [4.78, 5) is 17.9. The van der Waals surface area contributed by atoms with Gasteiger partial charge in [-0.2, -0.15) is 0 Å². The van der Waals surface area contributed by atoms with Crippen LogP contribution in [0.3, 0.4) is 0 Å². The van der Waals surface area contributed by atoms with Crippen molar-refractivity contribution in [2.45, 2.75) is 17.4 Å². The number of likely N-dealkylation sites (N-methyl/N-ethyl adjacent to an activating group) is 1. The van der Waals surface area contributed by atoms with Gasteiger partial charge in [0.2, 0.25) is 5.91 Å². The van der Waals surface area contributed by atoms with Crippen molar-refractivity contribution < 1.29 is 4.79 Å². The predicted octanol–water partition coefficient (Wildman–Crippen LogP) is 1.53. The molecule has 0 spiro atoms. The van der Waals surface area contributed by atoms with E-state index in [9.17, 15) is 4.79 Å². The Morgan fingerprint density at radius 3 is 2.52 bits per heavy atom. The summed E-state index contributed by atoms with van der Waals surface area (Å²) in [6.07, 6.45) is 0.583. The van der Waals surface area contributed by atoms with Crippen LogP contribution in [-0.4, -0.2) is 67.8 Å². The SMILES string of the molecule is CN[C@@H](CSc1ccccc1)CC(=O)N1CCN(C)CC1. The minimum absolute atomic E-state index is 0.224. The van der Waals surface area contributed by atoms with Gasteiger partial charge in [0.05, 0.1) is 0 Å². The second-order valence-electron chi connectivity index (χ2n) is 5.50. The van der Waals surface area contributed by atoms with E-state index in [2.05, 4.69) is 29.4 Å².